The molecule has 0 radical (unpaired) electrons. The third-order valence-electron chi connectivity index (χ3n) is 2.74. The predicted octanol–water partition coefficient (Wildman–Crippen LogP) is 2.08. The highest BCUT2D eigenvalue weighted by molar-refractivity contribution is 5.29. The van der Waals surface area contributed by atoms with Crippen molar-refractivity contribution in [3.05, 3.63) is 41.5 Å². The fourth-order valence-electron chi connectivity index (χ4n) is 1.63. The molecular weight excluding hydrogens is 230 g/mol. The second kappa shape index (κ2) is 5.64. The van der Waals surface area contributed by atoms with Crippen LogP contribution in [0.25, 0.3) is 0 Å². The molecule has 0 amide bonds. The summed E-state index contributed by atoms with van der Waals surface area (Å²) in [6, 6.07) is 7.61. The first kappa shape index (κ1) is 12.6. The van der Waals surface area contributed by atoms with Crippen LogP contribution in [-0.2, 0) is 6.42 Å². The summed E-state index contributed by atoms with van der Waals surface area (Å²) in [5.74, 6) is 1.95. The van der Waals surface area contributed by atoms with Crippen molar-refractivity contribution >= 4 is 0 Å². The van der Waals surface area contributed by atoms with Crippen molar-refractivity contribution in [2.75, 3.05) is 7.11 Å². The summed E-state index contributed by atoms with van der Waals surface area (Å²) < 4.78 is 10.3. The van der Waals surface area contributed by atoms with Gasteiger partial charge in [0.25, 0.3) is 0 Å². The van der Waals surface area contributed by atoms with Crippen molar-refractivity contribution < 1.29 is 9.26 Å². The van der Waals surface area contributed by atoms with E-state index in [4.69, 9.17) is 15.0 Å². The van der Waals surface area contributed by atoms with Gasteiger partial charge >= 0.3 is 0 Å². The van der Waals surface area contributed by atoms with Gasteiger partial charge in [-0.05, 0) is 24.1 Å². The van der Waals surface area contributed by atoms with Crippen LogP contribution in [-0.4, -0.2) is 17.3 Å². The van der Waals surface area contributed by atoms with Crippen LogP contribution in [0.1, 0.15) is 36.7 Å². The van der Waals surface area contributed by atoms with E-state index in [1.54, 1.807) is 7.11 Å². The zero-order valence-corrected chi connectivity index (χ0v) is 10.6. The van der Waals surface area contributed by atoms with E-state index in [0.29, 0.717) is 18.1 Å². The number of benzene rings is 1. The number of nitrogens with two attached hydrogens (primary N) is 1. The Hall–Kier alpha value is -1.88. The molecule has 2 rings (SSSR count). The van der Waals surface area contributed by atoms with Gasteiger partial charge in [0.05, 0.1) is 19.6 Å². The minimum absolute atomic E-state index is 0.159. The highest BCUT2D eigenvalue weighted by atomic mass is 16.5. The Labute approximate surface area is 106 Å². The molecule has 2 N–H and O–H groups in total. The molecule has 1 unspecified atom stereocenters. The monoisotopic (exact) mass is 247 g/mol. The number of methoxy groups -OCH3 is 1. The van der Waals surface area contributed by atoms with Crippen molar-refractivity contribution in [3.8, 4) is 5.75 Å². The van der Waals surface area contributed by atoms with Crippen molar-refractivity contribution in [2.24, 2.45) is 5.73 Å². The molecule has 1 heterocycles. The molecule has 0 aliphatic heterocycles. The molecule has 5 heteroatoms. The Morgan fingerprint density at radius 2 is 2.28 bits per heavy atom. The Morgan fingerprint density at radius 1 is 1.44 bits per heavy atom. The largest absolute Gasteiger partial charge is 0.497 e. The number of nitrogens with zero attached hydrogens (tertiary/aromatic N) is 2. The van der Waals surface area contributed by atoms with Gasteiger partial charge in [0.15, 0.2) is 5.82 Å². The normalized spacial score (nSPS) is 12.4. The van der Waals surface area contributed by atoms with Gasteiger partial charge in [-0.15, -0.1) is 0 Å². The van der Waals surface area contributed by atoms with Gasteiger partial charge in [0.2, 0.25) is 5.89 Å². The summed E-state index contributed by atoms with van der Waals surface area (Å²) in [6.45, 7) is 1.99. The summed E-state index contributed by atoms with van der Waals surface area (Å²) in [6.07, 6.45) is 1.37. The summed E-state index contributed by atoms with van der Waals surface area (Å²) in [7, 11) is 1.64. The van der Waals surface area contributed by atoms with Gasteiger partial charge in [-0.3, -0.25) is 0 Å². The summed E-state index contributed by atoms with van der Waals surface area (Å²) in [5.41, 5.74) is 6.91. The standard InChI is InChI=1S/C13H17N3O2/c1-3-11(14)13-15-12(18-16-13)8-9-5-4-6-10(7-9)17-2/h4-7,11H,3,8,14H2,1-2H3. The fourth-order valence-corrected chi connectivity index (χ4v) is 1.63. The zero-order valence-electron chi connectivity index (χ0n) is 10.6. The minimum Gasteiger partial charge on any atom is -0.497 e. The van der Waals surface area contributed by atoms with Crippen LogP contribution in [0.3, 0.4) is 0 Å². The number of hydrogen-bond donors (Lipinski definition) is 1. The van der Waals surface area contributed by atoms with Gasteiger partial charge in [0.1, 0.15) is 5.75 Å². The third-order valence-corrected chi connectivity index (χ3v) is 2.74. The maximum absolute atomic E-state index is 5.84. The van der Waals surface area contributed by atoms with Gasteiger partial charge in [-0.1, -0.05) is 24.2 Å². The number of ether oxygens (including phenoxy) is 1. The smallest absolute Gasteiger partial charge is 0.231 e. The van der Waals surface area contributed by atoms with Crippen LogP contribution < -0.4 is 10.5 Å². The van der Waals surface area contributed by atoms with Gasteiger partial charge in [0, 0.05) is 0 Å². The van der Waals surface area contributed by atoms with E-state index in [0.717, 1.165) is 17.7 Å². The maximum atomic E-state index is 5.84. The summed E-state index contributed by atoms with van der Waals surface area (Å²) >= 11 is 0. The Balaban J connectivity index is 2.11. The molecule has 1 atom stereocenters. The van der Waals surface area contributed by atoms with Crippen LogP contribution in [0, 0.1) is 0 Å². The van der Waals surface area contributed by atoms with E-state index in [9.17, 15) is 0 Å². The maximum Gasteiger partial charge on any atom is 0.231 e. The van der Waals surface area contributed by atoms with E-state index in [-0.39, 0.29) is 6.04 Å². The van der Waals surface area contributed by atoms with Gasteiger partial charge < -0.3 is 15.0 Å². The second-order valence-electron chi connectivity index (χ2n) is 4.09. The number of rotatable bonds is 5. The molecule has 96 valence electrons. The van der Waals surface area contributed by atoms with Crippen molar-refractivity contribution in [2.45, 2.75) is 25.8 Å². The average molecular weight is 247 g/mol. The first-order chi connectivity index (χ1) is 8.72. The van der Waals surface area contributed by atoms with Crippen LogP contribution in [0.4, 0.5) is 0 Å². The minimum atomic E-state index is -0.159. The van der Waals surface area contributed by atoms with E-state index < -0.39 is 0 Å². The van der Waals surface area contributed by atoms with Crippen LogP contribution >= 0.6 is 0 Å². The molecule has 1 aromatic heterocycles. The fraction of sp³-hybridized carbons (Fsp3) is 0.385. The molecule has 0 aliphatic rings. The molecule has 0 bridgehead atoms. The topological polar surface area (TPSA) is 74.2 Å². The van der Waals surface area contributed by atoms with Crippen LogP contribution in [0.5, 0.6) is 5.75 Å². The lowest BCUT2D eigenvalue weighted by Gasteiger charge is -2.01. The quantitative estimate of drug-likeness (QED) is 0.875. The highest BCUT2D eigenvalue weighted by Crippen LogP contribution is 2.16. The summed E-state index contributed by atoms with van der Waals surface area (Å²) in [5, 5.41) is 3.88. The lowest BCUT2D eigenvalue weighted by Crippen LogP contribution is -2.10. The molecule has 0 fully saturated rings. The van der Waals surface area contributed by atoms with E-state index in [1.165, 1.54) is 0 Å². The SMILES string of the molecule is CCC(N)c1noc(Cc2cccc(OC)c2)n1. The molecule has 0 saturated carbocycles. The Kier molecular flexibility index (Phi) is 3.94. The molecule has 0 spiro atoms. The molecule has 18 heavy (non-hydrogen) atoms. The van der Waals surface area contributed by atoms with Gasteiger partial charge in [-0.25, -0.2) is 0 Å². The van der Waals surface area contributed by atoms with E-state index in [2.05, 4.69) is 10.1 Å². The lowest BCUT2D eigenvalue weighted by molar-refractivity contribution is 0.375. The molecule has 2 aromatic rings. The Bertz CT molecular complexity index is 510. The highest BCUT2D eigenvalue weighted by Gasteiger charge is 2.12. The molecule has 0 saturated heterocycles. The summed E-state index contributed by atoms with van der Waals surface area (Å²) in [4.78, 5) is 4.29. The van der Waals surface area contributed by atoms with Crippen molar-refractivity contribution in [1.29, 1.82) is 0 Å². The average Bonchev–Trinajstić information content (AvgIpc) is 2.86. The van der Waals surface area contributed by atoms with Crippen LogP contribution in [0.2, 0.25) is 0 Å². The molecule has 1 aromatic carbocycles. The van der Waals surface area contributed by atoms with Crippen molar-refractivity contribution in [3.63, 3.8) is 0 Å². The zero-order chi connectivity index (χ0) is 13.0. The molecular formula is C13H17N3O2. The van der Waals surface area contributed by atoms with E-state index in [1.807, 2.05) is 31.2 Å². The lowest BCUT2D eigenvalue weighted by atomic mass is 10.1. The van der Waals surface area contributed by atoms with Crippen LogP contribution in [0.15, 0.2) is 28.8 Å². The first-order valence-corrected chi connectivity index (χ1v) is 5.94. The number of hydrogen-bond acceptors (Lipinski definition) is 5. The number of aromatic nitrogens is 2. The first-order valence-electron chi connectivity index (χ1n) is 5.94. The van der Waals surface area contributed by atoms with Gasteiger partial charge in [-0.2, -0.15) is 4.98 Å². The van der Waals surface area contributed by atoms with Crippen molar-refractivity contribution in [1.82, 2.24) is 10.1 Å². The third kappa shape index (κ3) is 2.87. The Morgan fingerprint density at radius 3 is 3.00 bits per heavy atom. The predicted molar refractivity (Wildman–Crippen MR) is 67.3 cm³/mol. The molecule has 0 aliphatic carbocycles. The second-order valence-corrected chi connectivity index (χ2v) is 4.09. The van der Waals surface area contributed by atoms with E-state index >= 15 is 0 Å². The molecule has 5 nitrogen and oxygen atoms in total.